The van der Waals surface area contributed by atoms with Crippen molar-refractivity contribution in [3.05, 3.63) is 71.2 Å². The molecular weight excluding hydrogens is 372 g/mol. The van der Waals surface area contributed by atoms with E-state index in [0.717, 1.165) is 0 Å². The average Bonchev–Trinajstić information content (AvgIpc) is 3.35. The Morgan fingerprint density at radius 2 is 1.86 bits per heavy atom. The van der Waals surface area contributed by atoms with Gasteiger partial charge in [-0.3, -0.25) is 9.36 Å². The predicted molar refractivity (Wildman–Crippen MR) is 104 cm³/mol. The lowest BCUT2D eigenvalue weighted by molar-refractivity contribution is 0.0317. The standard InChI is InChI=1S/C22H20N2O5/c1-4-27-17-9-7-16(8-10-17)20(25)15(3)29-22(26)19-14(2)28-21(18(19)13-23)24-11-5-6-12-24/h5-12,15H,4H2,1-3H3/t15-/m1/s1. The number of aryl methyl sites for hydroxylation is 1. The molecule has 148 valence electrons. The molecule has 0 bridgehead atoms. The van der Waals surface area contributed by atoms with Gasteiger partial charge in [-0.15, -0.1) is 0 Å². The zero-order valence-electron chi connectivity index (χ0n) is 16.3. The monoisotopic (exact) mass is 392 g/mol. The summed E-state index contributed by atoms with van der Waals surface area (Å²) in [7, 11) is 0. The van der Waals surface area contributed by atoms with Gasteiger partial charge in [0, 0.05) is 18.0 Å². The van der Waals surface area contributed by atoms with Gasteiger partial charge in [0.15, 0.2) is 6.10 Å². The number of rotatable bonds is 7. The topological polar surface area (TPSA) is 94.5 Å². The second-order valence-corrected chi connectivity index (χ2v) is 6.28. The molecule has 1 aromatic carbocycles. The molecule has 0 N–H and O–H groups in total. The Balaban J connectivity index is 1.79. The second-order valence-electron chi connectivity index (χ2n) is 6.28. The number of hydrogen-bond donors (Lipinski definition) is 0. The quantitative estimate of drug-likeness (QED) is 0.444. The molecule has 2 aromatic heterocycles. The third-order valence-electron chi connectivity index (χ3n) is 4.32. The zero-order valence-corrected chi connectivity index (χ0v) is 16.3. The summed E-state index contributed by atoms with van der Waals surface area (Å²) in [5.74, 6) is -0.0120. The summed E-state index contributed by atoms with van der Waals surface area (Å²) in [6.45, 7) is 5.46. The van der Waals surface area contributed by atoms with Gasteiger partial charge >= 0.3 is 5.97 Å². The highest BCUT2D eigenvalue weighted by molar-refractivity contribution is 6.02. The minimum absolute atomic E-state index is 0.0162. The van der Waals surface area contributed by atoms with Crippen molar-refractivity contribution in [1.29, 1.82) is 5.26 Å². The molecule has 0 amide bonds. The van der Waals surface area contributed by atoms with Crippen molar-refractivity contribution >= 4 is 11.8 Å². The van der Waals surface area contributed by atoms with Crippen molar-refractivity contribution in [2.45, 2.75) is 26.9 Å². The van der Waals surface area contributed by atoms with Crippen molar-refractivity contribution in [3.63, 3.8) is 0 Å². The van der Waals surface area contributed by atoms with Gasteiger partial charge in [-0.1, -0.05) is 0 Å². The van der Waals surface area contributed by atoms with Crippen molar-refractivity contribution in [3.8, 4) is 17.7 Å². The number of aromatic nitrogens is 1. The van der Waals surface area contributed by atoms with E-state index in [1.54, 1.807) is 60.3 Å². The van der Waals surface area contributed by atoms with E-state index >= 15 is 0 Å². The number of benzene rings is 1. The first-order valence-corrected chi connectivity index (χ1v) is 9.11. The highest BCUT2D eigenvalue weighted by Gasteiger charge is 2.28. The molecule has 0 fully saturated rings. The van der Waals surface area contributed by atoms with Crippen LogP contribution in [0.2, 0.25) is 0 Å². The van der Waals surface area contributed by atoms with Crippen molar-refractivity contribution in [2.24, 2.45) is 0 Å². The average molecular weight is 392 g/mol. The second kappa shape index (κ2) is 8.48. The summed E-state index contributed by atoms with van der Waals surface area (Å²) in [5.41, 5.74) is 0.471. The molecule has 0 unspecified atom stereocenters. The molecule has 29 heavy (non-hydrogen) atoms. The molecule has 0 saturated heterocycles. The lowest BCUT2D eigenvalue weighted by Gasteiger charge is -2.12. The Hall–Kier alpha value is -3.79. The number of ether oxygens (including phenoxy) is 2. The van der Waals surface area contributed by atoms with Gasteiger partial charge in [0.05, 0.1) is 6.61 Å². The van der Waals surface area contributed by atoms with Crippen molar-refractivity contribution in [1.82, 2.24) is 4.57 Å². The van der Waals surface area contributed by atoms with Gasteiger partial charge in [-0.05, 0) is 57.2 Å². The summed E-state index contributed by atoms with van der Waals surface area (Å²) in [5, 5.41) is 9.54. The van der Waals surface area contributed by atoms with Crippen LogP contribution in [0.15, 0.2) is 53.2 Å². The SMILES string of the molecule is CCOc1ccc(C(=O)[C@@H](C)OC(=O)c2c(C)oc(-n3cccc3)c2C#N)cc1. The maximum absolute atomic E-state index is 12.7. The molecule has 3 rings (SSSR count). The van der Waals surface area contributed by atoms with Crippen LogP contribution < -0.4 is 4.74 Å². The maximum atomic E-state index is 12.7. The molecule has 0 aliphatic heterocycles. The molecule has 7 heteroatoms. The van der Waals surface area contributed by atoms with Gasteiger partial charge in [-0.25, -0.2) is 4.79 Å². The number of Topliss-reactive ketones (excluding diaryl/α,β-unsaturated/α-hetero) is 1. The van der Waals surface area contributed by atoms with E-state index in [1.807, 2.05) is 13.0 Å². The fourth-order valence-corrected chi connectivity index (χ4v) is 2.92. The number of furan rings is 1. The van der Waals surface area contributed by atoms with Crippen LogP contribution in [0.25, 0.3) is 5.88 Å². The third kappa shape index (κ3) is 4.06. The number of ketones is 1. The normalized spacial score (nSPS) is 11.5. The van der Waals surface area contributed by atoms with E-state index < -0.39 is 12.1 Å². The summed E-state index contributed by atoms with van der Waals surface area (Å²) in [4.78, 5) is 25.3. The first-order chi connectivity index (χ1) is 14.0. The first-order valence-electron chi connectivity index (χ1n) is 9.11. The van der Waals surface area contributed by atoms with Crippen molar-refractivity contribution < 1.29 is 23.5 Å². The van der Waals surface area contributed by atoms with Gasteiger partial charge in [0.25, 0.3) is 0 Å². The number of nitrogens with zero attached hydrogens (tertiary/aromatic N) is 2. The first kappa shape index (κ1) is 20.0. The predicted octanol–water partition coefficient (Wildman–Crippen LogP) is 4.08. The van der Waals surface area contributed by atoms with E-state index in [2.05, 4.69) is 0 Å². The van der Waals surface area contributed by atoms with Gasteiger partial charge in [0.1, 0.15) is 28.7 Å². The zero-order chi connectivity index (χ0) is 21.0. The summed E-state index contributed by atoms with van der Waals surface area (Å²) in [6, 6.07) is 12.1. The lowest BCUT2D eigenvalue weighted by atomic mass is 10.1. The van der Waals surface area contributed by atoms with E-state index in [4.69, 9.17) is 13.9 Å². The van der Waals surface area contributed by atoms with Crippen LogP contribution in [0.1, 0.15) is 45.9 Å². The Morgan fingerprint density at radius 3 is 2.45 bits per heavy atom. The fraction of sp³-hybridized carbons (Fsp3) is 0.227. The number of nitriles is 1. The number of carbonyl (C=O) groups excluding carboxylic acids is 2. The maximum Gasteiger partial charge on any atom is 0.343 e. The molecule has 0 aliphatic rings. The molecule has 0 spiro atoms. The minimum atomic E-state index is -1.03. The lowest BCUT2D eigenvalue weighted by Crippen LogP contribution is -2.25. The van der Waals surface area contributed by atoms with Crippen LogP contribution in [0, 0.1) is 18.3 Å². The largest absolute Gasteiger partial charge is 0.494 e. The number of hydrogen-bond acceptors (Lipinski definition) is 6. The van der Waals surface area contributed by atoms with Gasteiger partial charge in [-0.2, -0.15) is 5.26 Å². The van der Waals surface area contributed by atoms with E-state index in [0.29, 0.717) is 17.9 Å². The van der Waals surface area contributed by atoms with Crippen LogP contribution in [0.3, 0.4) is 0 Å². The molecule has 2 heterocycles. The fourth-order valence-electron chi connectivity index (χ4n) is 2.92. The van der Waals surface area contributed by atoms with Crippen molar-refractivity contribution in [2.75, 3.05) is 6.61 Å². The van der Waals surface area contributed by atoms with E-state index in [1.165, 1.54) is 6.92 Å². The van der Waals surface area contributed by atoms with Gasteiger partial charge in [0.2, 0.25) is 11.7 Å². The Kier molecular flexibility index (Phi) is 5.84. The molecule has 7 nitrogen and oxygen atoms in total. The summed E-state index contributed by atoms with van der Waals surface area (Å²) < 4.78 is 17.9. The van der Waals surface area contributed by atoms with Crippen LogP contribution in [-0.4, -0.2) is 29.0 Å². The highest BCUT2D eigenvalue weighted by atomic mass is 16.5. The third-order valence-corrected chi connectivity index (χ3v) is 4.32. The van der Waals surface area contributed by atoms with E-state index in [9.17, 15) is 14.9 Å². The summed E-state index contributed by atoms with van der Waals surface area (Å²) >= 11 is 0. The summed E-state index contributed by atoms with van der Waals surface area (Å²) in [6.07, 6.45) is 2.37. The van der Waals surface area contributed by atoms with Crippen LogP contribution in [-0.2, 0) is 4.74 Å². The highest BCUT2D eigenvalue weighted by Crippen LogP contribution is 2.26. The Labute approximate surface area is 168 Å². The molecule has 0 aliphatic carbocycles. The van der Waals surface area contributed by atoms with Crippen LogP contribution in [0.5, 0.6) is 5.75 Å². The molecular formula is C22H20N2O5. The van der Waals surface area contributed by atoms with Gasteiger partial charge < -0.3 is 13.9 Å². The molecule has 1 atom stereocenters. The minimum Gasteiger partial charge on any atom is -0.494 e. The van der Waals surface area contributed by atoms with E-state index in [-0.39, 0.29) is 28.6 Å². The Morgan fingerprint density at radius 1 is 1.21 bits per heavy atom. The molecule has 0 radical (unpaired) electrons. The van der Waals surface area contributed by atoms with Crippen LogP contribution in [0.4, 0.5) is 0 Å². The Bertz CT molecular complexity index is 1060. The molecule has 3 aromatic rings. The molecule has 0 saturated carbocycles. The number of esters is 1. The smallest absolute Gasteiger partial charge is 0.343 e. The van der Waals surface area contributed by atoms with Crippen LogP contribution >= 0.6 is 0 Å². The number of carbonyl (C=O) groups is 2.